The standard InChI is InChI=1S/C17H32O3/c1-3-4-10-13-16(18)14-11-8-6-5-7-9-12-15-17(19)20-2/h11,14,16,18H,3-10,12-13,15H2,1-2H3/b14-11+. The van der Waals surface area contributed by atoms with Crippen molar-refractivity contribution in [1.29, 1.82) is 0 Å². The van der Waals surface area contributed by atoms with Gasteiger partial charge in [-0.05, 0) is 25.7 Å². The van der Waals surface area contributed by atoms with Crippen molar-refractivity contribution in [3.05, 3.63) is 12.2 Å². The molecule has 0 aliphatic rings. The van der Waals surface area contributed by atoms with Crippen LogP contribution < -0.4 is 0 Å². The Kier molecular flexibility index (Phi) is 14.0. The van der Waals surface area contributed by atoms with Crippen molar-refractivity contribution in [3.8, 4) is 0 Å². The van der Waals surface area contributed by atoms with E-state index < -0.39 is 0 Å². The van der Waals surface area contributed by atoms with E-state index in [0.29, 0.717) is 6.42 Å². The largest absolute Gasteiger partial charge is 0.469 e. The van der Waals surface area contributed by atoms with Crippen molar-refractivity contribution in [2.45, 2.75) is 83.7 Å². The Hall–Kier alpha value is -0.830. The fourth-order valence-corrected chi connectivity index (χ4v) is 2.12. The zero-order valence-corrected chi connectivity index (χ0v) is 13.3. The molecule has 1 atom stereocenters. The molecule has 1 unspecified atom stereocenters. The lowest BCUT2D eigenvalue weighted by Gasteiger charge is -2.04. The molecule has 0 aliphatic heterocycles. The van der Waals surface area contributed by atoms with E-state index in [1.807, 2.05) is 6.08 Å². The molecular formula is C17H32O3. The fraction of sp³-hybridized carbons (Fsp3) is 0.824. The first-order chi connectivity index (χ1) is 9.70. The van der Waals surface area contributed by atoms with Crippen molar-refractivity contribution in [2.24, 2.45) is 0 Å². The first-order valence-corrected chi connectivity index (χ1v) is 8.12. The normalized spacial score (nSPS) is 12.8. The van der Waals surface area contributed by atoms with Crippen LogP contribution in [0.1, 0.15) is 77.6 Å². The highest BCUT2D eigenvalue weighted by molar-refractivity contribution is 5.68. The molecule has 1 N–H and O–H groups in total. The molecule has 20 heavy (non-hydrogen) atoms. The van der Waals surface area contributed by atoms with Crippen molar-refractivity contribution in [2.75, 3.05) is 7.11 Å². The zero-order valence-electron chi connectivity index (χ0n) is 13.3. The van der Waals surface area contributed by atoms with E-state index in [1.54, 1.807) is 0 Å². The van der Waals surface area contributed by atoms with Gasteiger partial charge in [-0.2, -0.15) is 0 Å². The maximum absolute atomic E-state index is 10.9. The molecular weight excluding hydrogens is 252 g/mol. The fourth-order valence-electron chi connectivity index (χ4n) is 2.12. The molecule has 0 aromatic carbocycles. The van der Waals surface area contributed by atoms with Gasteiger partial charge in [0.2, 0.25) is 0 Å². The van der Waals surface area contributed by atoms with Crippen LogP contribution in [-0.4, -0.2) is 24.3 Å². The quantitative estimate of drug-likeness (QED) is 0.310. The summed E-state index contributed by atoms with van der Waals surface area (Å²) in [5, 5.41) is 9.69. The number of allylic oxidation sites excluding steroid dienone is 1. The number of hydrogen-bond donors (Lipinski definition) is 1. The highest BCUT2D eigenvalue weighted by atomic mass is 16.5. The summed E-state index contributed by atoms with van der Waals surface area (Å²) in [6, 6.07) is 0. The lowest BCUT2D eigenvalue weighted by Crippen LogP contribution is -2.01. The minimum Gasteiger partial charge on any atom is -0.469 e. The predicted molar refractivity (Wildman–Crippen MR) is 83.6 cm³/mol. The van der Waals surface area contributed by atoms with Crippen molar-refractivity contribution < 1.29 is 14.6 Å². The molecule has 3 heteroatoms. The molecule has 3 nitrogen and oxygen atoms in total. The van der Waals surface area contributed by atoms with Gasteiger partial charge in [0.05, 0.1) is 13.2 Å². The summed E-state index contributed by atoms with van der Waals surface area (Å²) in [7, 11) is 1.44. The van der Waals surface area contributed by atoms with Gasteiger partial charge in [0.25, 0.3) is 0 Å². The molecule has 0 saturated heterocycles. The Labute approximate surface area is 124 Å². The van der Waals surface area contributed by atoms with E-state index in [-0.39, 0.29) is 12.1 Å². The third kappa shape index (κ3) is 13.6. The van der Waals surface area contributed by atoms with Gasteiger partial charge in [-0.15, -0.1) is 0 Å². The number of aliphatic hydroxyl groups excluding tert-OH is 1. The van der Waals surface area contributed by atoms with Gasteiger partial charge >= 0.3 is 5.97 Å². The number of esters is 1. The van der Waals surface area contributed by atoms with Crippen molar-refractivity contribution in [1.82, 2.24) is 0 Å². The molecule has 0 heterocycles. The molecule has 118 valence electrons. The van der Waals surface area contributed by atoms with Gasteiger partial charge in [0.15, 0.2) is 0 Å². The minimum atomic E-state index is -0.262. The molecule has 0 aromatic rings. The summed E-state index contributed by atoms with van der Waals surface area (Å²) in [5.41, 5.74) is 0. The molecule has 0 spiro atoms. The maximum atomic E-state index is 10.9. The van der Waals surface area contributed by atoms with Gasteiger partial charge in [-0.25, -0.2) is 0 Å². The Morgan fingerprint density at radius 1 is 1.10 bits per heavy atom. The van der Waals surface area contributed by atoms with Crippen LogP contribution in [0.25, 0.3) is 0 Å². The summed E-state index contributed by atoms with van der Waals surface area (Å²) in [5.74, 6) is -0.106. The lowest BCUT2D eigenvalue weighted by molar-refractivity contribution is -0.140. The summed E-state index contributed by atoms with van der Waals surface area (Å²) in [6.07, 6.45) is 15.3. The molecule has 0 radical (unpaired) electrons. The molecule has 0 fully saturated rings. The molecule has 0 aliphatic carbocycles. The second-order valence-corrected chi connectivity index (χ2v) is 5.37. The number of ether oxygens (including phenoxy) is 1. The first kappa shape index (κ1) is 19.2. The van der Waals surface area contributed by atoms with E-state index in [4.69, 9.17) is 0 Å². The zero-order chi connectivity index (χ0) is 15.1. The topological polar surface area (TPSA) is 46.5 Å². The van der Waals surface area contributed by atoms with Crippen LogP contribution >= 0.6 is 0 Å². The average molecular weight is 284 g/mol. The second kappa shape index (κ2) is 14.6. The van der Waals surface area contributed by atoms with E-state index in [0.717, 1.165) is 38.5 Å². The van der Waals surface area contributed by atoms with E-state index >= 15 is 0 Å². The minimum absolute atomic E-state index is 0.106. The summed E-state index contributed by atoms with van der Waals surface area (Å²) in [4.78, 5) is 10.9. The molecule has 0 saturated carbocycles. The smallest absolute Gasteiger partial charge is 0.305 e. The van der Waals surface area contributed by atoms with Crippen LogP contribution in [0.15, 0.2) is 12.2 Å². The van der Waals surface area contributed by atoms with Crippen LogP contribution in [0.3, 0.4) is 0 Å². The summed E-state index contributed by atoms with van der Waals surface area (Å²) in [6.45, 7) is 2.17. The van der Waals surface area contributed by atoms with Crippen LogP contribution in [0.5, 0.6) is 0 Å². The molecule has 0 bridgehead atoms. The SMILES string of the molecule is CCCCCC(O)/C=C/CCCCCCCC(=O)OC. The van der Waals surface area contributed by atoms with E-state index in [2.05, 4.69) is 17.7 Å². The highest BCUT2D eigenvalue weighted by Gasteiger charge is 1.99. The Morgan fingerprint density at radius 3 is 2.50 bits per heavy atom. The van der Waals surface area contributed by atoms with E-state index in [1.165, 1.54) is 32.8 Å². The van der Waals surface area contributed by atoms with Crippen molar-refractivity contribution in [3.63, 3.8) is 0 Å². The average Bonchev–Trinajstić information content (AvgIpc) is 2.45. The van der Waals surface area contributed by atoms with Crippen molar-refractivity contribution >= 4 is 5.97 Å². The highest BCUT2D eigenvalue weighted by Crippen LogP contribution is 2.09. The van der Waals surface area contributed by atoms with Crippen LogP contribution in [0.4, 0.5) is 0 Å². The third-order valence-electron chi connectivity index (χ3n) is 3.44. The number of rotatable bonds is 13. The maximum Gasteiger partial charge on any atom is 0.305 e. The van der Waals surface area contributed by atoms with Crippen LogP contribution in [0.2, 0.25) is 0 Å². The van der Waals surface area contributed by atoms with Gasteiger partial charge < -0.3 is 9.84 Å². The number of unbranched alkanes of at least 4 members (excludes halogenated alkanes) is 7. The number of carbonyl (C=O) groups is 1. The molecule has 0 rings (SSSR count). The Bertz CT molecular complexity index is 249. The van der Waals surface area contributed by atoms with Gasteiger partial charge in [0.1, 0.15) is 0 Å². The lowest BCUT2D eigenvalue weighted by atomic mass is 10.1. The predicted octanol–water partition coefficient (Wildman–Crippen LogP) is 4.39. The monoisotopic (exact) mass is 284 g/mol. The van der Waals surface area contributed by atoms with Gasteiger partial charge in [-0.3, -0.25) is 4.79 Å². The first-order valence-electron chi connectivity index (χ1n) is 8.12. The van der Waals surface area contributed by atoms with Gasteiger partial charge in [-0.1, -0.05) is 57.6 Å². The Balaban J connectivity index is 3.28. The number of hydrogen-bond acceptors (Lipinski definition) is 3. The third-order valence-corrected chi connectivity index (χ3v) is 3.44. The van der Waals surface area contributed by atoms with Gasteiger partial charge in [0, 0.05) is 6.42 Å². The summed E-state index contributed by atoms with van der Waals surface area (Å²) < 4.78 is 4.60. The number of methoxy groups -OCH3 is 1. The molecule has 0 amide bonds. The van der Waals surface area contributed by atoms with Crippen LogP contribution in [0, 0.1) is 0 Å². The van der Waals surface area contributed by atoms with Crippen LogP contribution in [-0.2, 0) is 9.53 Å². The number of carbonyl (C=O) groups excluding carboxylic acids is 1. The van der Waals surface area contributed by atoms with E-state index in [9.17, 15) is 9.90 Å². The molecule has 0 aromatic heterocycles. The Morgan fingerprint density at radius 2 is 1.80 bits per heavy atom. The number of aliphatic hydroxyl groups is 1. The summed E-state index contributed by atoms with van der Waals surface area (Å²) >= 11 is 0. The second-order valence-electron chi connectivity index (χ2n) is 5.37.